The molecule has 33 heavy (non-hydrogen) atoms. The number of likely N-dealkylation sites (tertiary alicyclic amines) is 1. The number of benzene rings is 1. The molecule has 1 aromatic carbocycles. The van der Waals surface area contributed by atoms with Gasteiger partial charge in [0.25, 0.3) is 0 Å². The van der Waals surface area contributed by atoms with Crippen LogP contribution in [0.3, 0.4) is 0 Å². The zero-order valence-corrected chi connectivity index (χ0v) is 18.9. The van der Waals surface area contributed by atoms with Crippen molar-refractivity contribution in [3.05, 3.63) is 46.5 Å². The van der Waals surface area contributed by atoms with Gasteiger partial charge in [-0.3, -0.25) is 14.9 Å². The summed E-state index contributed by atoms with van der Waals surface area (Å²) >= 11 is 1.61. The molecule has 2 saturated heterocycles. The van der Waals surface area contributed by atoms with Crippen molar-refractivity contribution >= 4 is 29.2 Å². The van der Waals surface area contributed by atoms with Crippen molar-refractivity contribution in [2.75, 3.05) is 13.1 Å². The van der Waals surface area contributed by atoms with Crippen LogP contribution in [0.15, 0.2) is 40.2 Å². The fourth-order valence-corrected chi connectivity index (χ4v) is 5.36. The molecule has 2 fully saturated rings. The van der Waals surface area contributed by atoms with E-state index in [4.69, 9.17) is 9.51 Å². The lowest BCUT2D eigenvalue weighted by molar-refractivity contribution is -0.137. The Balaban J connectivity index is 1.27. The highest BCUT2D eigenvalue weighted by atomic mass is 32.1. The summed E-state index contributed by atoms with van der Waals surface area (Å²) < 4.78 is 5.48. The van der Waals surface area contributed by atoms with E-state index in [1.165, 1.54) is 0 Å². The summed E-state index contributed by atoms with van der Waals surface area (Å²) in [6.45, 7) is 3.02. The van der Waals surface area contributed by atoms with Gasteiger partial charge in [0.1, 0.15) is 17.5 Å². The van der Waals surface area contributed by atoms with Gasteiger partial charge in [0, 0.05) is 30.0 Å². The molecule has 0 saturated carbocycles. The molecule has 2 N–H and O–H groups in total. The van der Waals surface area contributed by atoms with E-state index in [1.54, 1.807) is 16.2 Å². The minimum atomic E-state index is -0.790. The number of aromatic nitrogens is 2. The number of urea groups is 1. The maximum atomic E-state index is 12.8. The van der Waals surface area contributed by atoms with Crippen LogP contribution in [0.5, 0.6) is 0 Å². The summed E-state index contributed by atoms with van der Waals surface area (Å²) in [5.41, 5.74) is 3.52. The molecule has 9 nitrogen and oxygen atoms in total. The van der Waals surface area contributed by atoms with Crippen LogP contribution in [0.1, 0.15) is 35.9 Å². The van der Waals surface area contributed by atoms with Crippen molar-refractivity contribution < 1.29 is 18.9 Å². The molecule has 2 aromatic heterocycles. The van der Waals surface area contributed by atoms with Gasteiger partial charge >= 0.3 is 6.03 Å². The molecule has 10 heteroatoms. The number of nitrogens with one attached hydrogen (secondary N) is 2. The molecule has 0 spiro atoms. The van der Waals surface area contributed by atoms with Crippen LogP contribution in [0.2, 0.25) is 0 Å². The van der Waals surface area contributed by atoms with Crippen molar-refractivity contribution in [1.29, 1.82) is 0 Å². The highest BCUT2D eigenvalue weighted by molar-refractivity contribution is 7.10. The van der Waals surface area contributed by atoms with E-state index in [-0.39, 0.29) is 18.2 Å². The van der Waals surface area contributed by atoms with Gasteiger partial charge in [-0.2, -0.15) is 0 Å². The summed E-state index contributed by atoms with van der Waals surface area (Å²) in [5.74, 6) is 0.340. The van der Waals surface area contributed by atoms with E-state index in [9.17, 15) is 14.4 Å². The van der Waals surface area contributed by atoms with Gasteiger partial charge in [-0.15, -0.1) is 11.3 Å². The molecule has 0 radical (unpaired) electrons. The van der Waals surface area contributed by atoms with E-state index >= 15 is 0 Å². The number of rotatable bonds is 4. The summed E-state index contributed by atoms with van der Waals surface area (Å²) in [5, 5.41) is 12.0. The second kappa shape index (κ2) is 8.78. The first kappa shape index (κ1) is 21.3. The standard InChI is InChI=1S/C23H23N5O4S/c1-13-19(20(27-32-13)14-5-3-2-4-6-14)17-12-33-21(24-17)15-7-9-28(10-8-15)22(30)16-11-18(29)26-23(31)25-16/h2-6,12,15-16H,7-11H2,1H3,(H2,25,26,29,31). The average molecular weight is 466 g/mol. The molecular formula is C23H23N5O4S. The number of imide groups is 1. The van der Waals surface area contributed by atoms with Gasteiger partial charge < -0.3 is 14.7 Å². The molecule has 4 amide bonds. The summed E-state index contributed by atoms with van der Waals surface area (Å²) in [6, 6.07) is 8.49. The predicted molar refractivity (Wildman–Crippen MR) is 121 cm³/mol. The van der Waals surface area contributed by atoms with E-state index < -0.39 is 18.0 Å². The molecule has 0 aliphatic carbocycles. The Labute approximate surface area is 194 Å². The molecule has 1 atom stereocenters. The Bertz CT molecular complexity index is 1180. The smallest absolute Gasteiger partial charge is 0.322 e. The zero-order valence-electron chi connectivity index (χ0n) is 18.0. The number of hydrogen-bond donors (Lipinski definition) is 2. The largest absolute Gasteiger partial charge is 0.360 e. The third-order valence-electron chi connectivity index (χ3n) is 6.09. The lowest BCUT2D eigenvalue weighted by atomic mass is 9.96. The number of aryl methyl sites for hydroxylation is 1. The second-order valence-corrected chi connectivity index (χ2v) is 9.17. The number of piperidine rings is 1. The lowest BCUT2D eigenvalue weighted by Gasteiger charge is -2.34. The third kappa shape index (κ3) is 4.25. The monoisotopic (exact) mass is 465 g/mol. The number of nitrogens with zero attached hydrogens (tertiary/aromatic N) is 3. The van der Waals surface area contributed by atoms with Gasteiger partial charge in [-0.05, 0) is 19.8 Å². The molecule has 2 aliphatic heterocycles. The Kier molecular flexibility index (Phi) is 5.67. The van der Waals surface area contributed by atoms with Crippen LogP contribution in [0.25, 0.3) is 22.5 Å². The number of carbonyl (C=O) groups is 3. The quantitative estimate of drug-likeness (QED) is 0.612. The van der Waals surface area contributed by atoms with Crippen LogP contribution in [-0.4, -0.2) is 52.0 Å². The SMILES string of the molecule is Cc1onc(-c2ccccc2)c1-c1csc(C2CCN(C(=O)C3CC(=O)NC(=O)N3)CC2)n1. The average Bonchev–Trinajstić information content (AvgIpc) is 3.45. The third-order valence-corrected chi connectivity index (χ3v) is 7.10. The Morgan fingerprint density at radius 2 is 1.94 bits per heavy atom. The van der Waals surface area contributed by atoms with Crippen LogP contribution in [0.4, 0.5) is 4.79 Å². The maximum Gasteiger partial charge on any atom is 0.322 e. The van der Waals surface area contributed by atoms with Crippen LogP contribution < -0.4 is 10.6 Å². The summed E-state index contributed by atoms with van der Waals surface area (Å²) in [7, 11) is 0. The Morgan fingerprint density at radius 3 is 2.67 bits per heavy atom. The van der Waals surface area contributed by atoms with E-state index in [0.717, 1.165) is 46.1 Å². The van der Waals surface area contributed by atoms with Crippen molar-refractivity contribution in [2.24, 2.45) is 0 Å². The molecule has 2 aliphatic rings. The van der Waals surface area contributed by atoms with Crippen molar-refractivity contribution in [3.63, 3.8) is 0 Å². The molecule has 4 heterocycles. The van der Waals surface area contributed by atoms with Gasteiger partial charge in [0.2, 0.25) is 11.8 Å². The molecular weight excluding hydrogens is 442 g/mol. The highest BCUT2D eigenvalue weighted by Gasteiger charge is 2.34. The van der Waals surface area contributed by atoms with E-state index in [2.05, 4.69) is 15.8 Å². The first-order valence-corrected chi connectivity index (χ1v) is 11.7. The van der Waals surface area contributed by atoms with Gasteiger partial charge in [0.05, 0.1) is 22.7 Å². The number of hydrogen-bond acceptors (Lipinski definition) is 7. The molecule has 170 valence electrons. The maximum absolute atomic E-state index is 12.8. The van der Waals surface area contributed by atoms with Crippen LogP contribution in [-0.2, 0) is 9.59 Å². The molecule has 5 rings (SSSR count). The second-order valence-electron chi connectivity index (χ2n) is 8.28. The molecule has 0 bridgehead atoms. The number of carbonyl (C=O) groups excluding carboxylic acids is 3. The summed E-state index contributed by atoms with van der Waals surface area (Å²) in [6.07, 6.45) is 1.53. The zero-order chi connectivity index (χ0) is 22.9. The normalized spacial score (nSPS) is 19.3. The number of amides is 4. The minimum absolute atomic E-state index is 0.0256. The first-order valence-electron chi connectivity index (χ1n) is 10.9. The summed E-state index contributed by atoms with van der Waals surface area (Å²) in [4.78, 5) is 42.5. The minimum Gasteiger partial charge on any atom is -0.360 e. The number of thiazole rings is 1. The van der Waals surface area contributed by atoms with Gasteiger partial charge in [0.15, 0.2) is 0 Å². The molecule has 3 aromatic rings. The highest BCUT2D eigenvalue weighted by Crippen LogP contribution is 2.38. The lowest BCUT2D eigenvalue weighted by Crippen LogP contribution is -2.58. The van der Waals surface area contributed by atoms with Crippen LogP contribution in [0, 0.1) is 6.92 Å². The molecule has 1 unspecified atom stereocenters. The van der Waals surface area contributed by atoms with E-state index in [1.807, 2.05) is 42.6 Å². The Hall–Kier alpha value is -3.53. The van der Waals surface area contributed by atoms with Crippen molar-refractivity contribution in [2.45, 2.75) is 38.1 Å². The predicted octanol–water partition coefficient (Wildman–Crippen LogP) is 3.08. The van der Waals surface area contributed by atoms with Gasteiger partial charge in [-0.1, -0.05) is 35.5 Å². The first-order chi connectivity index (χ1) is 16.0. The van der Waals surface area contributed by atoms with Crippen molar-refractivity contribution in [1.82, 2.24) is 25.7 Å². The fourth-order valence-electron chi connectivity index (χ4n) is 4.38. The topological polar surface area (TPSA) is 117 Å². The van der Waals surface area contributed by atoms with Crippen molar-refractivity contribution in [3.8, 4) is 22.5 Å². The Morgan fingerprint density at radius 1 is 1.18 bits per heavy atom. The fraction of sp³-hybridized carbons (Fsp3) is 0.348. The van der Waals surface area contributed by atoms with Crippen LogP contribution >= 0.6 is 11.3 Å². The van der Waals surface area contributed by atoms with E-state index in [0.29, 0.717) is 13.1 Å². The van der Waals surface area contributed by atoms with Gasteiger partial charge in [-0.25, -0.2) is 9.78 Å².